The van der Waals surface area contributed by atoms with Crippen molar-refractivity contribution in [1.29, 1.82) is 0 Å². The second kappa shape index (κ2) is 9.29. The van der Waals surface area contributed by atoms with Gasteiger partial charge in [-0.05, 0) is 6.07 Å². The third kappa shape index (κ3) is 5.65. The van der Waals surface area contributed by atoms with E-state index in [-0.39, 0.29) is 12.4 Å². The van der Waals surface area contributed by atoms with Gasteiger partial charge in [0.1, 0.15) is 11.6 Å². The van der Waals surface area contributed by atoms with E-state index in [1.165, 1.54) is 12.1 Å². The van der Waals surface area contributed by atoms with E-state index in [2.05, 4.69) is 14.9 Å². The predicted octanol–water partition coefficient (Wildman–Crippen LogP) is 2.98. The minimum Gasteiger partial charge on any atom is -0.336 e. The van der Waals surface area contributed by atoms with Gasteiger partial charge in [-0.25, -0.2) is 18.7 Å². The lowest BCUT2D eigenvalue weighted by Crippen LogP contribution is -2.30. The van der Waals surface area contributed by atoms with Crippen molar-refractivity contribution < 1.29 is 8.78 Å². The van der Waals surface area contributed by atoms with Crippen LogP contribution in [0.3, 0.4) is 0 Å². The molecule has 0 fully saturated rings. The van der Waals surface area contributed by atoms with Crippen LogP contribution in [-0.4, -0.2) is 37.1 Å². The molecular weight excluding hydrogens is 348 g/mol. The van der Waals surface area contributed by atoms with Crippen LogP contribution in [0.25, 0.3) is 0 Å². The van der Waals surface area contributed by atoms with Crippen LogP contribution >= 0.6 is 12.4 Å². The number of hydrogen-bond donors (Lipinski definition) is 0. The Labute approximate surface area is 151 Å². The van der Waals surface area contributed by atoms with Crippen molar-refractivity contribution in [3.05, 3.63) is 72.8 Å². The molecule has 0 unspecified atom stereocenters. The molecule has 3 aromatic rings. The molecule has 0 saturated carbocycles. The molecule has 0 bridgehead atoms. The van der Waals surface area contributed by atoms with E-state index >= 15 is 0 Å². The van der Waals surface area contributed by atoms with Gasteiger partial charge in [0.25, 0.3) is 0 Å². The molecule has 0 spiro atoms. The van der Waals surface area contributed by atoms with E-state index in [1.807, 2.05) is 21.5 Å². The molecule has 2 aromatic heterocycles. The van der Waals surface area contributed by atoms with Gasteiger partial charge in [0, 0.05) is 69.1 Å². The van der Waals surface area contributed by atoms with Crippen LogP contribution in [0.4, 0.5) is 8.78 Å². The zero-order chi connectivity index (χ0) is 16.8. The van der Waals surface area contributed by atoms with Gasteiger partial charge >= 0.3 is 0 Å². The van der Waals surface area contributed by atoms with Crippen LogP contribution < -0.4 is 0 Å². The summed E-state index contributed by atoms with van der Waals surface area (Å²) in [5.74, 6) is -1.06. The second-order valence-corrected chi connectivity index (χ2v) is 5.61. The molecule has 2 heterocycles. The Hall–Kier alpha value is -2.25. The number of imidazole rings is 2. The summed E-state index contributed by atoms with van der Waals surface area (Å²) in [6, 6.07) is 3.73. The molecule has 0 amide bonds. The van der Waals surface area contributed by atoms with Crippen molar-refractivity contribution in [1.82, 2.24) is 24.0 Å². The first-order valence-electron chi connectivity index (χ1n) is 7.78. The lowest BCUT2D eigenvalue weighted by atomic mass is 10.2. The van der Waals surface area contributed by atoms with Gasteiger partial charge in [-0.1, -0.05) is 6.07 Å². The minimum absolute atomic E-state index is 0. The van der Waals surface area contributed by atoms with Crippen LogP contribution in [-0.2, 0) is 19.6 Å². The summed E-state index contributed by atoms with van der Waals surface area (Å²) >= 11 is 0. The number of rotatable bonds is 8. The van der Waals surface area contributed by atoms with E-state index in [1.54, 1.807) is 25.0 Å². The molecule has 8 heteroatoms. The Morgan fingerprint density at radius 1 is 0.920 bits per heavy atom. The highest BCUT2D eigenvalue weighted by atomic mass is 35.5. The molecule has 0 saturated heterocycles. The number of nitrogens with zero attached hydrogens (tertiary/aromatic N) is 5. The van der Waals surface area contributed by atoms with Gasteiger partial charge in [-0.2, -0.15) is 0 Å². The molecule has 3 rings (SSSR count). The molecule has 0 aliphatic heterocycles. The molecule has 25 heavy (non-hydrogen) atoms. The summed E-state index contributed by atoms with van der Waals surface area (Å²) in [5.41, 5.74) is 0.493. The van der Waals surface area contributed by atoms with Gasteiger partial charge in [-0.15, -0.1) is 12.4 Å². The third-order valence-electron chi connectivity index (χ3n) is 3.88. The highest BCUT2D eigenvalue weighted by Crippen LogP contribution is 2.12. The minimum atomic E-state index is -0.556. The molecule has 0 N–H and O–H groups in total. The Kier molecular flexibility index (Phi) is 7.09. The zero-order valence-corrected chi connectivity index (χ0v) is 14.4. The van der Waals surface area contributed by atoms with Crippen molar-refractivity contribution in [2.75, 3.05) is 13.1 Å². The van der Waals surface area contributed by atoms with Gasteiger partial charge in [0.05, 0.1) is 12.7 Å². The summed E-state index contributed by atoms with van der Waals surface area (Å²) in [6.45, 7) is 3.42. The molecule has 0 aliphatic carbocycles. The first-order chi connectivity index (χ1) is 11.7. The van der Waals surface area contributed by atoms with Crippen LogP contribution in [0.1, 0.15) is 5.56 Å². The fourth-order valence-corrected chi connectivity index (χ4v) is 2.51. The van der Waals surface area contributed by atoms with Gasteiger partial charge in [0.15, 0.2) is 0 Å². The normalized spacial score (nSPS) is 10.8. The fourth-order valence-electron chi connectivity index (χ4n) is 2.51. The first-order valence-corrected chi connectivity index (χ1v) is 7.78. The molecule has 1 aromatic carbocycles. The quantitative estimate of drug-likeness (QED) is 0.614. The maximum atomic E-state index is 13.9. The smallest absolute Gasteiger partial charge is 0.130 e. The standard InChI is InChI=1S/C17H19F2N5.ClH/c18-16-2-1-15(17(19)11-16)12-22(7-9-23-5-3-20-13-23)8-10-24-6-4-21-14-24;/h1-6,11,13-14H,7-10,12H2;1H. The molecular formula is C17H20ClF2N5. The maximum absolute atomic E-state index is 13.9. The highest BCUT2D eigenvalue weighted by molar-refractivity contribution is 5.85. The van der Waals surface area contributed by atoms with Crippen molar-refractivity contribution in [3.8, 4) is 0 Å². The average Bonchev–Trinajstić information content (AvgIpc) is 3.26. The first kappa shape index (κ1) is 19.1. The molecule has 0 radical (unpaired) electrons. The monoisotopic (exact) mass is 367 g/mol. The van der Waals surface area contributed by atoms with Crippen molar-refractivity contribution in [3.63, 3.8) is 0 Å². The predicted molar refractivity (Wildman–Crippen MR) is 93.3 cm³/mol. The molecule has 0 atom stereocenters. The topological polar surface area (TPSA) is 38.9 Å². The Morgan fingerprint density at radius 3 is 2.00 bits per heavy atom. The number of aromatic nitrogens is 4. The number of benzene rings is 1. The largest absolute Gasteiger partial charge is 0.336 e. The SMILES string of the molecule is Cl.Fc1ccc(CN(CCn2ccnc2)CCn2ccnc2)c(F)c1. The summed E-state index contributed by atoms with van der Waals surface area (Å²) in [5, 5.41) is 0. The van der Waals surface area contributed by atoms with E-state index < -0.39 is 11.6 Å². The number of hydrogen-bond acceptors (Lipinski definition) is 3. The van der Waals surface area contributed by atoms with Gasteiger partial charge in [-0.3, -0.25) is 4.90 Å². The molecule has 0 aliphatic rings. The molecule has 134 valence electrons. The second-order valence-electron chi connectivity index (χ2n) is 5.61. The van der Waals surface area contributed by atoms with Crippen molar-refractivity contribution in [2.24, 2.45) is 0 Å². The van der Waals surface area contributed by atoms with Gasteiger partial charge < -0.3 is 9.13 Å². The summed E-state index contributed by atoms with van der Waals surface area (Å²) in [4.78, 5) is 10.2. The van der Waals surface area contributed by atoms with E-state index in [0.29, 0.717) is 12.1 Å². The lowest BCUT2D eigenvalue weighted by Gasteiger charge is -2.23. The summed E-state index contributed by atoms with van der Waals surface area (Å²) in [7, 11) is 0. The lowest BCUT2D eigenvalue weighted by molar-refractivity contribution is 0.241. The van der Waals surface area contributed by atoms with Crippen LogP contribution in [0.15, 0.2) is 55.6 Å². The fraction of sp³-hybridized carbons (Fsp3) is 0.294. The third-order valence-corrected chi connectivity index (χ3v) is 3.88. The van der Waals surface area contributed by atoms with Crippen molar-refractivity contribution >= 4 is 12.4 Å². The van der Waals surface area contributed by atoms with Crippen molar-refractivity contribution in [2.45, 2.75) is 19.6 Å². The van der Waals surface area contributed by atoms with Crippen LogP contribution in [0.5, 0.6) is 0 Å². The van der Waals surface area contributed by atoms with E-state index in [9.17, 15) is 8.78 Å². The van der Waals surface area contributed by atoms with Gasteiger partial charge in [0.2, 0.25) is 0 Å². The zero-order valence-electron chi connectivity index (χ0n) is 13.6. The van der Waals surface area contributed by atoms with Crippen LogP contribution in [0, 0.1) is 11.6 Å². The highest BCUT2D eigenvalue weighted by Gasteiger charge is 2.11. The average molecular weight is 368 g/mol. The van der Waals surface area contributed by atoms with E-state index in [0.717, 1.165) is 32.2 Å². The van der Waals surface area contributed by atoms with E-state index in [4.69, 9.17) is 0 Å². The Balaban J connectivity index is 0.00000225. The summed E-state index contributed by atoms with van der Waals surface area (Å²) < 4.78 is 31.0. The number of halogens is 3. The van der Waals surface area contributed by atoms with Crippen LogP contribution in [0.2, 0.25) is 0 Å². The molecule has 5 nitrogen and oxygen atoms in total. The Morgan fingerprint density at radius 2 is 1.52 bits per heavy atom. The summed E-state index contributed by atoms with van der Waals surface area (Å²) in [6.07, 6.45) is 10.8. The Bertz CT molecular complexity index is 708. The maximum Gasteiger partial charge on any atom is 0.130 e.